The normalized spacial score (nSPS) is 10.4. The fourth-order valence-corrected chi connectivity index (χ4v) is 4.40. The molecule has 0 spiro atoms. The minimum absolute atomic E-state index is 0.268. The van der Waals surface area contributed by atoms with Crippen LogP contribution in [0.25, 0.3) is 20.7 Å². The van der Waals surface area contributed by atoms with Gasteiger partial charge in [0.15, 0.2) is 5.56 Å². The number of aromatic nitrogens is 1. The highest BCUT2D eigenvalue weighted by Crippen LogP contribution is 2.41. The summed E-state index contributed by atoms with van der Waals surface area (Å²) in [6, 6.07) is 3.74. The van der Waals surface area contributed by atoms with Crippen molar-refractivity contribution in [1.82, 2.24) is 4.98 Å². The van der Waals surface area contributed by atoms with Gasteiger partial charge in [0.25, 0.3) is 5.56 Å². The maximum atomic E-state index is 11.8. The number of thiophene rings is 2. The lowest BCUT2D eigenvalue weighted by Gasteiger charge is -2.00. The molecule has 0 aliphatic rings. The molecule has 2 N–H and O–H groups in total. The third-order valence-corrected chi connectivity index (χ3v) is 5.51. The Labute approximate surface area is 145 Å². The van der Waals surface area contributed by atoms with Gasteiger partial charge >= 0.3 is 0 Å². The van der Waals surface area contributed by atoms with Crippen LogP contribution >= 0.6 is 22.7 Å². The van der Waals surface area contributed by atoms with E-state index >= 15 is 0 Å². The predicted octanol–water partition coefficient (Wildman–Crippen LogP) is 3.20. The first-order valence-electron chi connectivity index (χ1n) is 6.92. The van der Waals surface area contributed by atoms with Crippen molar-refractivity contribution in [3.63, 3.8) is 0 Å². The number of pyridine rings is 1. The Hall–Kier alpha value is -2.58. The number of hydrogen-bond acceptors (Lipinski definition) is 6. The van der Waals surface area contributed by atoms with E-state index in [0.29, 0.717) is 16.8 Å². The molecule has 0 aliphatic carbocycles. The van der Waals surface area contributed by atoms with Crippen LogP contribution in [0.5, 0.6) is 5.75 Å². The smallest absolute Gasteiger partial charge is 0.270 e. The predicted molar refractivity (Wildman–Crippen MR) is 95.6 cm³/mol. The number of aryl methyl sites for hydroxylation is 1. The summed E-state index contributed by atoms with van der Waals surface area (Å²) in [5.41, 5.74) is 0.968. The second-order valence-electron chi connectivity index (χ2n) is 5.00. The lowest BCUT2D eigenvalue weighted by Crippen LogP contribution is -2.09. The van der Waals surface area contributed by atoms with E-state index in [1.807, 2.05) is 18.4 Å². The van der Waals surface area contributed by atoms with E-state index in [1.54, 1.807) is 13.2 Å². The molecule has 0 aliphatic heterocycles. The Balaban J connectivity index is 2.18. The SMILES string of the molecule is COCC#Cc1sc(-c2csc3[nH]c(=O)c(C#N)c(O)c23)cc1C. The van der Waals surface area contributed by atoms with E-state index in [2.05, 4.69) is 16.8 Å². The molecule has 0 amide bonds. The fraction of sp³-hybridized carbons (Fsp3) is 0.176. The number of H-pyrrole nitrogens is 1. The monoisotopic (exact) mass is 356 g/mol. The number of methoxy groups -OCH3 is 1. The van der Waals surface area contributed by atoms with Gasteiger partial charge in [0, 0.05) is 22.9 Å². The molecule has 120 valence electrons. The fourth-order valence-electron chi connectivity index (χ4n) is 2.30. The Morgan fingerprint density at radius 2 is 2.25 bits per heavy atom. The number of nitrogens with zero attached hydrogens (tertiary/aromatic N) is 1. The molecule has 0 atom stereocenters. The second kappa shape index (κ2) is 6.50. The lowest BCUT2D eigenvalue weighted by molar-refractivity contribution is 0.240. The van der Waals surface area contributed by atoms with Crippen molar-refractivity contribution in [2.24, 2.45) is 0 Å². The summed E-state index contributed by atoms with van der Waals surface area (Å²) in [4.78, 5) is 16.8. The summed E-state index contributed by atoms with van der Waals surface area (Å²) in [6.45, 7) is 2.33. The summed E-state index contributed by atoms with van der Waals surface area (Å²) in [5.74, 6) is 5.72. The molecule has 5 nitrogen and oxygen atoms in total. The van der Waals surface area contributed by atoms with Gasteiger partial charge < -0.3 is 14.8 Å². The van der Waals surface area contributed by atoms with Crippen LogP contribution in [0.3, 0.4) is 0 Å². The van der Waals surface area contributed by atoms with Gasteiger partial charge in [-0.05, 0) is 18.6 Å². The molecular formula is C17H12N2O3S2. The maximum Gasteiger partial charge on any atom is 0.270 e. The quantitative estimate of drug-likeness (QED) is 0.691. The van der Waals surface area contributed by atoms with Crippen molar-refractivity contribution in [2.45, 2.75) is 6.92 Å². The van der Waals surface area contributed by atoms with Crippen molar-refractivity contribution < 1.29 is 9.84 Å². The Kier molecular flexibility index (Phi) is 4.41. The first-order chi connectivity index (χ1) is 11.6. The summed E-state index contributed by atoms with van der Waals surface area (Å²) in [6.07, 6.45) is 0. The van der Waals surface area contributed by atoms with Gasteiger partial charge in [-0.3, -0.25) is 4.79 Å². The topological polar surface area (TPSA) is 86.1 Å². The van der Waals surface area contributed by atoms with E-state index in [4.69, 9.17) is 10.00 Å². The van der Waals surface area contributed by atoms with E-state index < -0.39 is 5.56 Å². The lowest BCUT2D eigenvalue weighted by atomic mass is 10.1. The number of nitriles is 1. The zero-order chi connectivity index (χ0) is 17.3. The van der Waals surface area contributed by atoms with Gasteiger partial charge in [0.2, 0.25) is 0 Å². The number of fused-ring (bicyclic) bond motifs is 1. The first-order valence-corrected chi connectivity index (χ1v) is 8.61. The molecule has 3 aromatic heterocycles. The van der Waals surface area contributed by atoms with E-state index in [9.17, 15) is 9.90 Å². The van der Waals surface area contributed by atoms with Crippen LogP contribution in [0, 0.1) is 30.1 Å². The molecule has 24 heavy (non-hydrogen) atoms. The highest BCUT2D eigenvalue weighted by molar-refractivity contribution is 7.19. The third kappa shape index (κ3) is 2.70. The molecule has 0 aromatic carbocycles. The van der Waals surface area contributed by atoms with Crippen molar-refractivity contribution >= 4 is 32.9 Å². The van der Waals surface area contributed by atoms with Crippen LogP contribution in [-0.2, 0) is 4.74 Å². The Morgan fingerprint density at radius 1 is 1.46 bits per heavy atom. The van der Waals surface area contributed by atoms with Crippen molar-refractivity contribution in [1.29, 1.82) is 5.26 Å². The van der Waals surface area contributed by atoms with Gasteiger partial charge in [0.05, 0.1) is 10.3 Å². The molecule has 0 unspecified atom stereocenters. The largest absolute Gasteiger partial charge is 0.506 e. The van der Waals surface area contributed by atoms with Gasteiger partial charge in [0.1, 0.15) is 23.3 Å². The molecule has 0 radical (unpaired) electrons. The summed E-state index contributed by atoms with van der Waals surface area (Å²) < 4.78 is 4.93. The second-order valence-corrected chi connectivity index (χ2v) is 6.93. The molecule has 3 heterocycles. The zero-order valence-electron chi connectivity index (χ0n) is 12.9. The van der Waals surface area contributed by atoms with Crippen LogP contribution in [-0.4, -0.2) is 23.8 Å². The first kappa shape index (κ1) is 16.3. The standard InChI is InChI=1S/C17H12N2O3S2/c1-9-6-13(24-12(9)4-3-5-22-2)11-8-23-17-14(11)15(20)10(7-18)16(21)19-17/h6,8H,5H2,1-2H3,(H2,19,20,21). The zero-order valence-corrected chi connectivity index (χ0v) is 14.5. The summed E-state index contributed by atoms with van der Waals surface area (Å²) >= 11 is 2.82. The minimum Gasteiger partial charge on any atom is -0.506 e. The van der Waals surface area contributed by atoms with Gasteiger partial charge in [-0.25, -0.2) is 0 Å². The number of hydrogen-bond donors (Lipinski definition) is 2. The van der Waals surface area contributed by atoms with Gasteiger partial charge in [-0.15, -0.1) is 22.7 Å². The van der Waals surface area contributed by atoms with Gasteiger partial charge in [-0.2, -0.15) is 5.26 Å². The molecule has 0 saturated heterocycles. The van der Waals surface area contributed by atoms with Crippen LogP contribution < -0.4 is 5.56 Å². The van der Waals surface area contributed by atoms with Crippen LogP contribution in [0.1, 0.15) is 16.0 Å². The molecule has 0 fully saturated rings. The average molecular weight is 356 g/mol. The number of aromatic hydroxyl groups is 1. The van der Waals surface area contributed by atoms with E-state index in [1.165, 1.54) is 22.7 Å². The molecular weight excluding hydrogens is 344 g/mol. The van der Waals surface area contributed by atoms with Crippen LogP contribution in [0.15, 0.2) is 16.2 Å². The van der Waals surface area contributed by atoms with E-state index in [0.717, 1.165) is 20.9 Å². The van der Waals surface area contributed by atoms with Crippen LogP contribution in [0.4, 0.5) is 0 Å². The maximum absolute atomic E-state index is 11.8. The molecule has 3 aromatic rings. The number of ether oxygens (including phenoxy) is 1. The molecule has 3 rings (SSSR count). The Morgan fingerprint density at radius 3 is 2.96 bits per heavy atom. The number of nitrogens with one attached hydrogen (secondary N) is 1. The Bertz CT molecular complexity index is 1090. The number of aromatic amines is 1. The minimum atomic E-state index is -0.579. The van der Waals surface area contributed by atoms with Crippen molar-refractivity contribution in [3.8, 4) is 34.1 Å². The highest BCUT2D eigenvalue weighted by Gasteiger charge is 2.18. The molecule has 0 bridgehead atoms. The molecule has 7 heteroatoms. The average Bonchev–Trinajstić information content (AvgIpc) is 3.12. The van der Waals surface area contributed by atoms with Crippen LogP contribution in [0.2, 0.25) is 0 Å². The summed E-state index contributed by atoms with van der Waals surface area (Å²) in [5, 5.41) is 21.8. The summed E-state index contributed by atoms with van der Waals surface area (Å²) in [7, 11) is 1.59. The van der Waals surface area contributed by atoms with Crippen molar-refractivity contribution in [3.05, 3.63) is 37.8 Å². The molecule has 0 saturated carbocycles. The van der Waals surface area contributed by atoms with Gasteiger partial charge in [-0.1, -0.05) is 11.8 Å². The number of rotatable bonds is 2. The highest BCUT2D eigenvalue weighted by atomic mass is 32.1. The van der Waals surface area contributed by atoms with Crippen molar-refractivity contribution in [2.75, 3.05) is 13.7 Å². The third-order valence-electron chi connectivity index (χ3n) is 3.43. The van der Waals surface area contributed by atoms with E-state index in [-0.39, 0.29) is 11.3 Å².